The van der Waals surface area contributed by atoms with Gasteiger partial charge in [0.25, 0.3) is 0 Å². The molecule has 4 heteroatoms. The Kier molecular flexibility index (Phi) is 11.8. The van der Waals surface area contributed by atoms with E-state index in [4.69, 9.17) is 9.47 Å². The van der Waals surface area contributed by atoms with Crippen LogP contribution in [0.3, 0.4) is 0 Å². The second-order valence-corrected chi connectivity index (χ2v) is 19.8. The number of aromatic hydroxyl groups is 2. The molecular weight excluding hydrogens is 773 g/mol. The van der Waals surface area contributed by atoms with Gasteiger partial charge in [0.15, 0.2) is 0 Å². The third-order valence-electron chi connectivity index (χ3n) is 15.2. The van der Waals surface area contributed by atoms with Gasteiger partial charge in [0.2, 0.25) is 0 Å². The number of rotatable bonds is 10. The van der Waals surface area contributed by atoms with Crippen LogP contribution in [-0.2, 0) is 25.7 Å². The van der Waals surface area contributed by atoms with Gasteiger partial charge in [-0.05, 0) is 221 Å². The van der Waals surface area contributed by atoms with Gasteiger partial charge in [-0.3, -0.25) is 0 Å². The lowest BCUT2D eigenvalue weighted by Crippen LogP contribution is -2.25. The molecule has 2 unspecified atom stereocenters. The first-order valence-electron chi connectivity index (χ1n) is 24.5. The first kappa shape index (κ1) is 41.8. The zero-order valence-corrected chi connectivity index (χ0v) is 38.1. The molecule has 2 N–H and O–H groups in total. The first-order chi connectivity index (χ1) is 30.7. The summed E-state index contributed by atoms with van der Waals surface area (Å²) in [6, 6.07) is 27.6. The van der Waals surface area contributed by atoms with Crippen LogP contribution in [0.1, 0.15) is 136 Å². The molecule has 0 spiro atoms. The molecule has 0 bridgehead atoms. The van der Waals surface area contributed by atoms with Gasteiger partial charge < -0.3 is 19.7 Å². The van der Waals surface area contributed by atoms with Gasteiger partial charge >= 0.3 is 0 Å². The fourth-order valence-electron chi connectivity index (χ4n) is 12.4. The van der Waals surface area contributed by atoms with Crippen LogP contribution in [0, 0.1) is 25.7 Å². The van der Waals surface area contributed by atoms with E-state index in [0.717, 1.165) is 94.5 Å². The fraction of sp³-hybridized carbons (Fsp3) is 0.424. The SMILES string of the molecule is Cc1cc(C2=C3CCCCC3=CC3CCCCC23)c(O)c(-c2ccccc2O[C@H](C)C[C@@H](C)Oc2ccccc2-c2cc(C)cc(-c3c4c(cc5c3CCCC5)CCCC4)c2O)c1. The number of benzene rings is 5. The zero-order valence-electron chi connectivity index (χ0n) is 38.1. The first-order valence-corrected chi connectivity index (χ1v) is 24.5. The Morgan fingerprint density at radius 3 is 1.68 bits per heavy atom. The van der Waals surface area contributed by atoms with Crippen LogP contribution < -0.4 is 9.47 Å². The number of fused-ring (bicyclic) bond motifs is 4. The molecule has 4 atom stereocenters. The van der Waals surface area contributed by atoms with Crippen molar-refractivity contribution in [1.82, 2.24) is 0 Å². The van der Waals surface area contributed by atoms with Crippen molar-refractivity contribution in [1.29, 1.82) is 0 Å². The molecule has 5 aliphatic rings. The summed E-state index contributed by atoms with van der Waals surface area (Å²) >= 11 is 0. The number of phenols is 2. The Labute approximate surface area is 376 Å². The minimum Gasteiger partial charge on any atom is -0.507 e. The van der Waals surface area contributed by atoms with E-state index in [-0.39, 0.29) is 12.2 Å². The second-order valence-electron chi connectivity index (χ2n) is 19.8. The lowest BCUT2D eigenvalue weighted by molar-refractivity contribution is 0.131. The van der Waals surface area contributed by atoms with Gasteiger partial charge in [-0.2, -0.15) is 0 Å². The highest BCUT2D eigenvalue weighted by molar-refractivity contribution is 5.89. The summed E-state index contributed by atoms with van der Waals surface area (Å²) in [6.07, 6.45) is 22.0. The summed E-state index contributed by atoms with van der Waals surface area (Å²) in [5.74, 6) is 3.31. The van der Waals surface area contributed by atoms with Crippen molar-refractivity contribution < 1.29 is 19.7 Å². The molecule has 2 saturated carbocycles. The molecule has 0 aliphatic heterocycles. The number of hydrogen-bond acceptors (Lipinski definition) is 4. The van der Waals surface area contributed by atoms with E-state index >= 15 is 0 Å². The van der Waals surface area contributed by atoms with Gasteiger partial charge in [0.1, 0.15) is 23.0 Å². The number of allylic oxidation sites excluding steroid dienone is 4. The highest BCUT2D eigenvalue weighted by Crippen LogP contribution is 2.54. The van der Waals surface area contributed by atoms with E-state index < -0.39 is 0 Å². The van der Waals surface area contributed by atoms with Crippen LogP contribution >= 0.6 is 0 Å². The van der Waals surface area contributed by atoms with Crippen LogP contribution in [0.25, 0.3) is 39.0 Å². The Morgan fingerprint density at radius 1 is 0.540 bits per heavy atom. The molecule has 0 saturated heterocycles. The molecule has 63 heavy (non-hydrogen) atoms. The van der Waals surface area contributed by atoms with E-state index in [1.54, 1.807) is 5.57 Å². The van der Waals surface area contributed by atoms with Crippen LogP contribution in [-0.4, -0.2) is 22.4 Å². The molecule has 10 rings (SSSR count). The topological polar surface area (TPSA) is 58.9 Å². The molecule has 5 aliphatic carbocycles. The third kappa shape index (κ3) is 8.13. The number of aryl methyl sites for hydroxylation is 4. The second kappa shape index (κ2) is 17.7. The molecule has 4 nitrogen and oxygen atoms in total. The molecule has 5 aromatic carbocycles. The maximum atomic E-state index is 12.4. The van der Waals surface area contributed by atoms with Gasteiger partial charge in [-0.1, -0.05) is 61.4 Å². The van der Waals surface area contributed by atoms with E-state index in [0.29, 0.717) is 29.8 Å². The molecule has 0 radical (unpaired) electrons. The maximum Gasteiger partial charge on any atom is 0.131 e. The predicted molar refractivity (Wildman–Crippen MR) is 259 cm³/mol. The molecule has 0 aromatic heterocycles. The van der Waals surface area contributed by atoms with Crippen LogP contribution in [0.4, 0.5) is 0 Å². The smallest absolute Gasteiger partial charge is 0.131 e. The van der Waals surface area contributed by atoms with Crippen molar-refractivity contribution in [2.45, 2.75) is 149 Å². The number of phenolic OH excluding ortho intramolecular Hbond substituents is 2. The summed E-state index contributed by atoms with van der Waals surface area (Å²) < 4.78 is 13.6. The average molecular weight is 839 g/mol. The van der Waals surface area contributed by atoms with E-state index in [2.05, 4.69) is 76.2 Å². The highest BCUT2D eigenvalue weighted by Gasteiger charge is 2.36. The lowest BCUT2D eigenvalue weighted by atomic mass is 9.65. The summed E-state index contributed by atoms with van der Waals surface area (Å²) in [4.78, 5) is 0. The summed E-state index contributed by atoms with van der Waals surface area (Å²) in [5, 5.41) is 24.7. The Hall–Kier alpha value is -5.22. The van der Waals surface area contributed by atoms with Crippen molar-refractivity contribution in [3.8, 4) is 56.4 Å². The van der Waals surface area contributed by atoms with Gasteiger partial charge in [0, 0.05) is 39.8 Å². The normalized spacial score (nSPS) is 20.4. The standard InChI is InChI=1S/C59H66O4/c1-36-29-50(58(60)52(31-36)56-44-21-9-5-17-40(44)34-41-18-6-10-22-45(41)56)48-25-13-15-27-54(48)62-38(3)33-39(4)63-55-28-16-14-26-49(55)51-30-37(2)32-53(59(51)61)57-46-23-11-7-19-42(46)35-43-20-8-12-24-47(43)57/h13-16,25-32,34-35,38-40,44,60-61H,5-12,17-24,33H2,1-4H3/t38-,39-,40?,44?/m1/s1. The van der Waals surface area contributed by atoms with Crippen LogP contribution in [0.15, 0.2) is 96.1 Å². The number of hydrogen-bond donors (Lipinski definition) is 2. The molecule has 2 fully saturated rings. The largest absolute Gasteiger partial charge is 0.507 e. The van der Waals surface area contributed by atoms with Crippen LogP contribution in [0.5, 0.6) is 23.0 Å². The van der Waals surface area contributed by atoms with Crippen molar-refractivity contribution >= 4 is 5.57 Å². The fourth-order valence-corrected chi connectivity index (χ4v) is 12.4. The van der Waals surface area contributed by atoms with Crippen molar-refractivity contribution in [2.75, 3.05) is 0 Å². The highest BCUT2D eigenvalue weighted by atomic mass is 16.5. The quantitative estimate of drug-likeness (QED) is 0.147. The number of para-hydroxylation sites is 2. The summed E-state index contributed by atoms with van der Waals surface area (Å²) in [5.41, 5.74) is 19.4. The third-order valence-corrected chi connectivity index (χ3v) is 15.2. The van der Waals surface area contributed by atoms with Crippen molar-refractivity contribution in [3.63, 3.8) is 0 Å². The Bertz CT molecular complexity index is 2570. The van der Waals surface area contributed by atoms with Crippen molar-refractivity contribution in [3.05, 3.63) is 135 Å². The predicted octanol–water partition coefficient (Wildman–Crippen LogP) is 15.2. The minimum atomic E-state index is -0.173. The van der Waals surface area contributed by atoms with Crippen molar-refractivity contribution in [2.24, 2.45) is 11.8 Å². The summed E-state index contributed by atoms with van der Waals surface area (Å²) in [6.45, 7) is 8.53. The zero-order chi connectivity index (χ0) is 43.2. The minimum absolute atomic E-state index is 0.171. The van der Waals surface area contributed by atoms with Gasteiger partial charge in [-0.25, -0.2) is 0 Å². The molecule has 326 valence electrons. The molecular formula is C59H66O4. The molecule has 0 heterocycles. The summed E-state index contributed by atoms with van der Waals surface area (Å²) in [7, 11) is 0. The molecule has 0 amide bonds. The number of ether oxygens (including phenoxy) is 2. The van der Waals surface area contributed by atoms with E-state index in [1.165, 1.54) is 103 Å². The van der Waals surface area contributed by atoms with Gasteiger partial charge in [0.05, 0.1) is 12.2 Å². The lowest BCUT2D eigenvalue weighted by Gasteiger charge is -2.40. The van der Waals surface area contributed by atoms with E-state index in [9.17, 15) is 10.2 Å². The van der Waals surface area contributed by atoms with Gasteiger partial charge in [-0.15, -0.1) is 0 Å². The molecule has 5 aromatic rings. The van der Waals surface area contributed by atoms with E-state index in [1.807, 2.05) is 36.4 Å². The average Bonchev–Trinajstić information content (AvgIpc) is 3.29. The monoisotopic (exact) mass is 838 g/mol. The van der Waals surface area contributed by atoms with Crippen LogP contribution in [0.2, 0.25) is 0 Å². The Balaban J connectivity index is 0.914. The Morgan fingerprint density at radius 2 is 1.05 bits per heavy atom. The maximum absolute atomic E-state index is 12.4.